The standard InChI is InChI=1S/C8H12N2.ClH/c9-4-7-3-8(5-10)1-6(7)2-8;/h6-7H,1-3,5,10H2;1H. The lowest BCUT2D eigenvalue weighted by Crippen LogP contribution is -2.35. The van der Waals surface area contributed by atoms with Crippen LogP contribution in [-0.4, -0.2) is 6.54 Å². The summed E-state index contributed by atoms with van der Waals surface area (Å²) in [6, 6.07) is 2.36. The van der Waals surface area contributed by atoms with E-state index in [4.69, 9.17) is 11.0 Å². The molecule has 3 aliphatic rings. The molecule has 2 bridgehead atoms. The maximum Gasteiger partial charge on any atom is 0.0658 e. The van der Waals surface area contributed by atoms with E-state index < -0.39 is 0 Å². The third kappa shape index (κ3) is 1.04. The molecule has 3 aliphatic carbocycles. The van der Waals surface area contributed by atoms with Crippen molar-refractivity contribution < 1.29 is 0 Å². The minimum absolute atomic E-state index is 0. The van der Waals surface area contributed by atoms with Crippen LogP contribution in [0.15, 0.2) is 0 Å². The molecular weight excluding hydrogens is 160 g/mol. The second-order valence-corrected chi connectivity index (χ2v) is 3.81. The number of hydrogen-bond acceptors (Lipinski definition) is 2. The maximum absolute atomic E-state index is 8.68. The van der Waals surface area contributed by atoms with E-state index in [0.717, 1.165) is 13.0 Å². The molecule has 3 saturated carbocycles. The van der Waals surface area contributed by atoms with Gasteiger partial charge in [0.1, 0.15) is 0 Å². The summed E-state index contributed by atoms with van der Waals surface area (Å²) in [6.07, 6.45) is 3.52. The first-order valence-corrected chi connectivity index (χ1v) is 3.89. The lowest BCUT2D eigenvalue weighted by molar-refractivity contribution is 0.152. The molecule has 1 atom stereocenters. The Balaban J connectivity index is 0.000000605. The third-order valence-corrected chi connectivity index (χ3v) is 3.21. The molecule has 0 radical (unpaired) electrons. The number of nitriles is 1. The molecule has 2 nitrogen and oxygen atoms in total. The van der Waals surface area contributed by atoms with Crippen LogP contribution in [0.1, 0.15) is 19.3 Å². The van der Waals surface area contributed by atoms with Crippen molar-refractivity contribution in [3.63, 3.8) is 0 Å². The first-order valence-electron chi connectivity index (χ1n) is 3.89. The zero-order valence-corrected chi connectivity index (χ0v) is 7.23. The number of halogens is 1. The molecule has 0 amide bonds. The van der Waals surface area contributed by atoms with Crippen LogP contribution < -0.4 is 5.73 Å². The minimum Gasteiger partial charge on any atom is -0.330 e. The summed E-state index contributed by atoms with van der Waals surface area (Å²) < 4.78 is 0. The fraction of sp³-hybridized carbons (Fsp3) is 0.875. The van der Waals surface area contributed by atoms with Gasteiger partial charge in [-0.05, 0) is 37.1 Å². The van der Waals surface area contributed by atoms with Gasteiger partial charge in [-0.3, -0.25) is 0 Å². The molecule has 0 aromatic carbocycles. The first-order chi connectivity index (χ1) is 4.79. The van der Waals surface area contributed by atoms with Crippen LogP contribution in [0.3, 0.4) is 0 Å². The topological polar surface area (TPSA) is 49.8 Å². The SMILES string of the molecule is Cl.N#CC1CC2(CN)CC1C2. The molecule has 0 aliphatic heterocycles. The third-order valence-electron chi connectivity index (χ3n) is 3.21. The van der Waals surface area contributed by atoms with E-state index in [2.05, 4.69) is 6.07 Å². The van der Waals surface area contributed by atoms with Crippen molar-refractivity contribution >= 4 is 12.4 Å². The molecule has 11 heavy (non-hydrogen) atoms. The highest BCUT2D eigenvalue weighted by atomic mass is 35.5. The molecule has 0 saturated heterocycles. The van der Waals surface area contributed by atoms with Gasteiger partial charge in [-0.2, -0.15) is 5.26 Å². The lowest BCUT2D eigenvalue weighted by Gasteiger charge is -2.36. The molecule has 2 N–H and O–H groups in total. The Labute approximate surface area is 73.2 Å². The molecule has 62 valence electrons. The Morgan fingerprint density at radius 2 is 2.09 bits per heavy atom. The van der Waals surface area contributed by atoms with E-state index in [9.17, 15) is 0 Å². The average molecular weight is 173 g/mol. The van der Waals surface area contributed by atoms with Gasteiger partial charge in [0.25, 0.3) is 0 Å². The van der Waals surface area contributed by atoms with Gasteiger partial charge >= 0.3 is 0 Å². The van der Waals surface area contributed by atoms with Gasteiger partial charge in [-0.1, -0.05) is 0 Å². The van der Waals surface area contributed by atoms with Crippen molar-refractivity contribution in [3.05, 3.63) is 0 Å². The monoisotopic (exact) mass is 172 g/mol. The van der Waals surface area contributed by atoms with E-state index in [1.54, 1.807) is 0 Å². The normalized spacial score (nSPS) is 45.5. The summed E-state index contributed by atoms with van der Waals surface area (Å²) in [7, 11) is 0. The van der Waals surface area contributed by atoms with Crippen molar-refractivity contribution in [2.75, 3.05) is 6.54 Å². The van der Waals surface area contributed by atoms with Crippen LogP contribution >= 0.6 is 12.4 Å². The maximum atomic E-state index is 8.68. The van der Waals surface area contributed by atoms with Gasteiger partial charge in [0.15, 0.2) is 0 Å². The van der Waals surface area contributed by atoms with Gasteiger partial charge in [0, 0.05) is 5.92 Å². The average Bonchev–Trinajstić information content (AvgIpc) is 2.38. The number of rotatable bonds is 1. The fourth-order valence-electron chi connectivity index (χ4n) is 2.54. The number of hydrogen-bond donors (Lipinski definition) is 1. The lowest BCUT2D eigenvalue weighted by atomic mass is 9.69. The van der Waals surface area contributed by atoms with E-state index in [0.29, 0.717) is 17.3 Å². The zero-order chi connectivity index (χ0) is 7.19. The summed E-state index contributed by atoms with van der Waals surface area (Å²) in [5.74, 6) is 1.04. The number of nitrogens with two attached hydrogens (primary N) is 1. The molecule has 1 unspecified atom stereocenters. The van der Waals surface area contributed by atoms with Crippen LogP contribution in [0.2, 0.25) is 0 Å². The summed E-state index contributed by atoms with van der Waals surface area (Å²) in [6.45, 7) is 0.793. The fourth-order valence-corrected chi connectivity index (χ4v) is 2.54. The van der Waals surface area contributed by atoms with Gasteiger partial charge in [-0.15, -0.1) is 12.4 Å². The molecule has 3 fully saturated rings. The first kappa shape index (κ1) is 8.83. The largest absolute Gasteiger partial charge is 0.330 e. The Morgan fingerprint density at radius 1 is 1.45 bits per heavy atom. The Morgan fingerprint density at radius 3 is 2.36 bits per heavy atom. The van der Waals surface area contributed by atoms with Crippen LogP contribution in [0.5, 0.6) is 0 Å². The molecule has 0 spiro atoms. The molecule has 3 rings (SSSR count). The van der Waals surface area contributed by atoms with Crippen LogP contribution in [0.25, 0.3) is 0 Å². The molecular formula is C8H13ClN2. The van der Waals surface area contributed by atoms with Gasteiger partial charge in [0.05, 0.1) is 6.07 Å². The van der Waals surface area contributed by atoms with E-state index >= 15 is 0 Å². The van der Waals surface area contributed by atoms with Crippen molar-refractivity contribution in [2.24, 2.45) is 23.0 Å². The smallest absolute Gasteiger partial charge is 0.0658 e. The molecule has 0 aromatic heterocycles. The molecule has 0 aromatic rings. The van der Waals surface area contributed by atoms with Gasteiger partial charge in [-0.25, -0.2) is 0 Å². The van der Waals surface area contributed by atoms with Crippen LogP contribution in [0.4, 0.5) is 0 Å². The van der Waals surface area contributed by atoms with Crippen molar-refractivity contribution in [1.82, 2.24) is 0 Å². The predicted molar refractivity (Wildman–Crippen MR) is 45.2 cm³/mol. The van der Waals surface area contributed by atoms with Crippen molar-refractivity contribution in [3.8, 4) is 6.07 Å². The predicted octanol–water partition coefficient (Wildman–Crippen LogP) is 1.31. The quantitative estimate of drug-likeness (QED) is 0.649. The number of fused-ring (bicyclic) bond motifs is 1. The molecule has 3 heteroatoms. The zero-order valence-electron chi connectivity index (χ0n) is 6.42. The second-order valence-electron chi connectivity index (χ2n) is 3.81. The molecule has 0 heterocycles. The summed E-state index contributed by atoms with van der Waals surface area (Å²) in [4.78, 5) is 0. The van der Waals surface area contributed by atoms with Gasteiger partial charge < -0.3 is 5.73 Å². The van der Waals surface area contributed by atoms with E-state index in [-0.39, 0.29) is 12.4 Å². The highest BCUT2D eigenvalue weighted by molar-refractivity contribution is 5.85. The Kier molecular flexibility index (Phi) is 2.13. The highest BCUT2D eigenvalue weighted by Crippen LogP contribution is 2.60. The van der Waals surface area contributed by atoms with Crippen molar-refractivity contribution in [1.29, 1.82) is 5.26 Å². The Hall–Kier alpha value is -0.260. The van der Waals surface area contributed by atoms with Crippen molar-refractivity contribution in [2.45, 2.75) is 19.3 Å². The van der Waals surface area contributed by atoms with E-state index in [1.165, 1.54) is 12.8 Å². The van der Waals surface area contributed by atoms with Crippen LogP contribution in [-0.2, 0) is 0 Å². The number of nitrogens with zero attached hydrogens (tertiary/aromatic N) is 1. The minimum atomic E-state index is 0. The highest BCUT2D eigenvalue weighted by Gasteiger charge is 2.55. The second kappa shape index (κ2) is 2.66. The Bertz CT molecular complexity index is 191. The van der Waals surface area contributed by atoms with E-state index in [1.807, 2.05) is 0 Å². The van der Waals surface area contributed by atoms with Gasteiger partial charge in [0.2, 0.25) is 0 Å². The summed E-state index contributed by atoms with van der Waals surface area (Å²) >= 11 is 0. The summed E-state index contributed by atoms with van der Waals surface area (Å²) in [5.41, 5.74) is 6.02. The summed E-state index contributed by atoms with van der Waals surface area (Å²) in [5, 5.41) is 8.68. The van der Waals surface area contributed by atoms with Crippen LogP contribution in [0, 0.1) is 28.6 Å².